The fraction of sp³-hybridized carbons (Fsp3) is 0.308. The molecule has 0 saturated heterocycles. The predicted octanol–water partition coefficient (Wildman–Crippen LogP) is 3.29. The highest BCUT2D eigenvalue weighted by molar-refractivity contribution is 7.11. The minimum Gasteiger partial charge on any atom is -0.467 e. The molecule has 0 saturated carbocycles. The van der Waals surface area contributed by atoms with Gasteiger partial charge in [-0.05, 0) is 30.1 Å². The van der Waals surface area contributed by atoms with Gasteiger partial charge in [0.05, 0.1) is 12.8 Å². The van der Waals surface area contributed by atoms with Gasteiger partial charge in [0.25, 0.3) is 5.91 Å². The molecule has 1 amide bonds. The van der Waals surface area contributed by atoms with E-state index in [4.69, 9.17) is 32.4 Å². The van der Waals surface area contributed by atoms with Crippen molar-refractivity contribution in [1.82, 2.24) is 9.69 Å². The number of nitrogens with one attached hydrogen (secondary N) is 1. The van der Waals surface area contributed by atoms with Gasteiger partial charge in [0.15, 0.2) is 11.8 Å². The molecule has 2 heterocycles. The van der Waals surface area contributed by atoms with Crippen molar-refractivity contribution in [2.75, 3.05) is 0 Å². The highest BCUT2D eigenvalue weighted by Gasteiger charge is 2.25. The first-order chi connectivity index (χ1) is 10.5. The van der Waals surface area contributed by atoms with Gasteiger partial charge in [-0.3, -0.25) is 4.79 Å². The number of ether oxygens (including phenoxy) is 1. The summed E-state index contributed by atoms with van der Waals surface area (Å²) in [6.07, 6.45) is 0.872. The minimum atomic E-state index is -0.945. The lowest BCUT2D eigenvalue weighted by Crippen LogP contribution is -2.37. The minimum absolute atomic E-state index is 0.0301. The summed E-state index contributed by atoms with van der Waals surface area (Å²) in [6.45, 7) is 1.93. The van der Waals surface area contributed by atoms with E-state index in [2.05, 4.69) is 9.69 Å². The third-order valence-corrected chi connectivity index (χ3v) is 4.33. The molecule has 0 aliphatic heterocycles. The van der Waals surface area contributed by atoms with E-state index in [1.165, 1.54) is 6.26 Å². The lowest BCUT2D eigenvalue weighted by Gasteiger charge is -2.15. The number of amides is 1. The van der Waals surface area contributed by atoms with Crippen LogP contribution in [0.2, 0.25) is 9.36 Å². The molecule has 0 aromatic carbocycles. The van der Waals surface area contributed by atoms with Crippen LogP contribution in [0.3, 0.4) is 0 Å². The van der Waals surface area contributed by atoms with Crippen LogP contribution >= 0.6 is 34.7 Å². The highest BCUT2D eigenvalue weighted by atomic mass is 35.5. The zero-order valence-electron chi connectivity index (χ0n) is 11.5. The first-order valence-electron chi connectivity index (χ1n) is 6.34. The van der Waals surface area contributed by atoms with E-state index < -0.39 is 18.0 Å². The van der Waals surface area contributed by atoms with Crippen LogP contribution in [0.5, 0.6) is 0 Å². The molecule has 2 aromatic rings. The molecule has 118 valence electrons. The van der Waals surface area contributed by atoms with Gasteiger partial charge >= 0.3 is 5.97 Å². The van der Waals surface area contributed by atoms with Crippen LogP contribution in [-0.4, -0.2) is 22.4 Å². The van der Waals surface area contributed by atoms with E-state index in [1.54, 1.807) is 19.1 Å². The van der Waals surface area contributed by atoms with Crippen molar-refractivity contribution >= 4 is 46.6 Å². The Labute approximate surface area is 140 Å². The molecule has 0 aliphatic carbocycles. The van der Waals surface area contributed by atoms with Crippen LogP contribution in [-0.2, 0) is 16.1 Å². The molecule has 22 heavy (non-hydrogen) atoms. The molecule has 9 heteroatoms. The first-order valence-corrected chi connectivity index (χ1v) is 7.87. The van der Waals surface area contributed by atoms with E-state index in [-0.39, 0.29) is 21.6 Å². The zero-order chi connectivity index (χ0) is 16.1. The molecule has 6 nitrogen and oxygen atoms in total. The first kappa shape index (κ1) is 16.8. The van der Waals surface area contributed by atoms with Gasteiger partial charge in [-0.15, -0.1) is 0 Å². The summed E-state index contributed by atoms with van der Waals surface area (Å²) in [5.74, 6) is -0.610. The summed E-state index contributed by atoms with van der Waals surface area (Å²) in [5, 5.41) is 2.66. The largest absolute Gasteiger partial charge is 0.467 e. The molecule has 2 aromatic heterocycles. The molecule has 0 fully saturated rings. The summed E-state index contributed by atoms with van der Waals surface area (Å²) in [4.78, 5) is 24.0. The van der Waals surface area contributed by atoms with Crippen LogP contribution in [0.4, 0.5) is 0 Å². The Balaban J connectivity index is 1.94. The van der Waals surface area contributed by atoms with Gasteiger partial charge < -0.3 is 14.5 Å². The number of aromatic nitrogens is 1. The third-order valence-electron chi connectivity index (χ3n) is 2.72. The Morgan fingerprint density at radius 3 is 2.82 bits per heavy atom. The van der Waals surface area contributed by atoms with Crippen LogP contribution in [0.1, 0.15) is 29.6 Å². The van der Waals surface area contributed by atoms with Crippen molar-refractivity contribution < 1.29 is 18.7 Å². The fourth-order valence-electron chi connectivity index (χ4n) is 1.59. The summed E-state index contributed by atoms with van der Waals surface area (Å²) in [6, 6.07) is 3.44. The lowest BCUT2D eigenvalue weighted by atomic mass is 10.2. The van der Waals surface area contributed by atoms with Crippen molar-refractivity contribution in [2.45, 2.75) is 26.0 Å². The van der Waals surface area contributed by atoms with Crippen molar-refractivity contribution in [3.05, 3.63) is 39.2 Å². The number of nitrogens with zero attached hydrogens (tertiary/aromatic N) is 1. The SMILES string of the molecule is CC[C@H](OC(=O)c1nsc(Cl)c1Cl)C(=O)NCc1ccco1. The molecule has 0 spiro atoms. The summed E-state index contributed by atoms with van der Waals surface area (Å²) in [7, 11) is 0. The van der Waals surface area contributed by atoms with E-state index in [0.29, 0.717) is 12.2 Å². The second-order valence-electron chi connectivity index (χ2n) is 4.22. The number of hydrogen-bond acceptors (Lipinski definition) is 6. The van der Waals surface area contributed by atoms with Gasteiger partial charge in [-0.25, -0.2) is 4.79 Å². The average molecular weight is 363 g/mol. The Bertz CT molecular complexity index is 657. The van der Waals surface area contributed by atoms with Gasteiger partial charge in [-0.2, -0.15) is 4.37 Å². The molecule has 1 N–H and O–H groups in total. The molecule has 1 atom stereocenters. The summed E-state index contributed by atoms with van der Waals surface area (Å²) < 4.78 is 14.2. The van der Waals surface area contributed by atoms with Gasteiger partial charge in [-0.1, -0.05) is 30.1 Å². The Hall–Kier alpha value is -1.57. The van der Waals surface area contributed by atoms with E-state index in [9.17, 15) is 9.59 Å². The predicted molar refractivity (Wildman–Crippen MR) is 82.2 cm³/mol. The van der Waals surface area contributed by atoms with Crippen molar-refractivity contribution in [1.29, 1.82) is 0 Å². The number of hydrogen-bond donors (Lipinski definition) is 1. The van der Waals surface area contributed by atoms with Crippen LogP contribution < -0.4 is 5.32 Å². The second kappa shape index (κ2) is 7.62. The van der Waals surface area contributed by atoms with Crippen LogP contribution in [0.25, 0.3) is 0 Å². The Kier molecular flexibility index (Phi) is 5.82. The standard InChI is InChI=1S/C13H12Cl2N2O4S/c1-2-8(12(18)16-6-7-4-3-5-20-7)21-13(19)10-9(14)11(15)22-17-10/h3-5,8H,2,6H2,1H3,(H,16,18)/t8-/m0/s1. The molecule has 0 unspecified atom stereocenters. The van der Waals surface area contributed by atoms with Crippen LogP contribution in [0.15, 0.2) is 22.8 Å². The monoisotopic (exact) mass is 362 g/mol. The Morgan fingerprint density at radius 2 is 2.27 bits per heavy atom. The quantitative estimate of drug-likeness (QED) is 0.797. The van der Waals surface area contributed by atoms with Crippen molar-refractivity contribution in [3.63, 3.8) is 0 Å². The molecule has 0 bridgehead atoms. The van der Waals surface area contributed by atoms with Crippen molar-refractivity contribution in [3.8, 4) is 0 Å². The van der Waals surface area contributed by atoms with E-state index >= 15 is 0 Å². The lowest BCUT2D eigenvalue weighted by molar-refractivity contribution is -0.130. The topological polar surface area (TPSA) is 81.4 Å². The average Bonchev–Trinajstić information content (AvgIpc) is 3.13. The number of furan rings is 1. The third kappa shape index (κ3) is 4.00. The number of halogens is 2. The molecule has 0 aliphatic rings. The van der Waals surface area contributed by atoms with E-state index in [1.807, 2.05) is 0 Å². The maximum absolute atomic E-state index is 12.0. The zero-order valence-corrected chi connectivity index (χ0v) is 13.8. The van der Waals surface area contributed by atoms with Crippen molar-refractivity contribution in [2.24, 2.45) is 0 Å². The molecule has 2 rings (SSSR count). The molecular formula is C13H12Cl2N2O4S. The number of carbonyl (C=O) groups is 2. The number of esters is 1. The number of carbonyl (C=O) groups excluding carboxylic acids is 2. The summed E-state index contributed by atoms with van der Waals surface area (Å²) >= 11 is 12.5. The second-order valence-corrected chi connectivity index (χ2v) is 5.97. The highest BCUT2D eigenvalue weighted by Crippen LogP contribution is 2.30. The maximum atomic E-state index is 12.0. The molecular weight excluding hydrogens is 351 g/mol. The number of rotatable bonds is 6. The van der Waals surface area contributed by atoms with Gasteiger partial charge in [0, 0.05) is 0 Å². The fourth-order valence-corrected chi connectivity index (χ4v) is 2.57. The van der Waals surface area contributed by atoms with Crippen LogP contribution in [0, 0.1) is 0 Å². The Morgan fingerprint density at radius 1 is 1.50 bits per heavy atom. The maximum Gasteiger partial charge on any atom is 0.360 e. The smallest absolute Gasteiger partial charge is 0.360 e. The van der Waals surface area contributed by atoms with Gasteiger partial charge in [0.1, 0.15) is 15.1 Å². The summed E-state index contributed by atoms with van der Waals surface area (Å²) in [5.41, 5.74) is -0.0889. The normalized spacial score (nSPS) is 12.0. The van der Waals surface area contributed by atoms with E-state index in [0.717, 1.165) is 11.5 Å². The van der Waals surface area contributed by atoms with Gasteiger partial charge in [0.2, 0.25) is 0 Å². The molecule has 0 radical (unpaired) electrons.